The second-order valence-corrected chi connectivity index (χ2v) is 6.92. The fourth-order valence-corrected chi connectivity index (χ4v) is 2.88. The van der Waals surface area contributed by atoms with Crippen molar-refractivity contribution in [3.63, 3.8) is 0 Å². The molecule has 0 aliphatic rings. The fraction of sp³-hybridized carbons (Fsp3) is 0.333. The molecule has 2 aromatic rings. The number of para-hydroxylation sites is 1. The monoisotopic (exact) mass is 435 g/mol. The molecule has 2 N–H and O–H groups in total. The van der Waals surface area contributed by atoms with E-state index in [0.717, 1.165) is 24.0 Å². The second kappa shape index (κ2) is 12.1. The van der Waals surface area contributed by atoms with Gasteiger partial charge in [0, 0.05) is 12.1 Å². The van der Waals surface area contributed by atoms with E-state index in [1.165, 1.54) is 0 Å². The lowest BCUT2D eigenvalue weighted by Crippen LogP contribution is -2.31. The van der Waals surface area contributed by atoms with Crippen molar-refractivity contribution in [3.8, 4) is 17.2 Å². The number of ether oxygens (including phenoxy) is 3. The SMILES string of the molecule is CCCCOc1ccc(CNC(=S)NN=Cc2cccc(OC)c2OC)cc1Cl. The number of hydrazone groups is 1. The van der Waals surface area contributed by atoms with Crippen molar-refractivity contribution < 1.29 is 14.2 Å². The molecule has 0 aromatic heterocycles. The summed E-state index contributed by atoms with van der Waals surface area (Å²) in [6, 6.07) is 11.2. The molecule has 2 aromatic carbocycles. The molecule has 0 unspecified atom stereocenters. The number of thiocarbonyl (C=S) groups is 1. The molecule has 0 fully saturated rings. The average Bonchev–Trinajstić information content (AvgIpc) is 2.73. The van der Waals surface area contributed by atoms with Crippen molar-refractivity contribution in [2.45, 2.75) is 26.3 Å². The van der Waals surface area contributed by atoms with Crippen LogP contribution in [-0.4, -0.2) is 32.2 Å². The smallest absolute Gasteiger partial charge is 0.187 e. The van der Waals surface area contributed by atoms with Crippen LogP contribution in [0.15, 0.2) is 41.5 Å². The van der Waals surface area contributed by atoms with Crippen LogP contribution in [0.3, 0.4) is 0 Å². The minimum absolute atomic E-state index is 0.391. The predicted octanol–water partition coefficient (Wildman–Crippen LogP) is 4.53. The zero-order valence-electron chi connectivity index (χ0n) is 16.8. The van der Waals surface area contributed by atoms with E-state index in [-0.39, 0.29) is 0 Å². The number of benzene rings is 2. The fourth-order valence-electron chi connectivity index (χ4n) is 2.49. The summed E-state index contributed by atoms with van der Waals surface area (Å²) in [6.45, 7) is 3.30. The maximum atomic E-state index is 6.28. The molecule has 156 valence electrons. The van der Waals surface area contributed by atoms with Gasteiger partial charge in [-0.15, -0.1) is 0 Å². The van der Waals surface area contributed by atoms with Crippen molar-refractivity contribution in [1.29, 1.82) is 0 Å². The van der Waals surface area contributed by atoms with Crippen LogP contribution in [0.25, 0.3) is 0 Å². The molecule has 0 bridgehead atoms. The minimum atomic E-state index is 0.391. The summed E-state index contributed by atoms with van der Waals surface area (Å²) in [5.41, 5.74) is 4.54. The van der Waals surface area contributed by atoms with Gasteiger partial charge in [-0.2, -0.15) is 5.10 Å². The predicted molar refractivity (Wildman–Crippen MR) is 122 cm³/mol. The van der Waals surface area contributed by atoms with Crippen LogP contribution in [0, 0.1) is 0 Å². The molecule has 0 aliphatic heterocycles. The van der Waals surface area contributed by atoms with Crippen LogP contribution in [0.2, 0.25) is 5.02 Å². The van der Waals surface area contributed by atoms with Gasteiger partial charge in [-0.3, -0.25) is 5.43 Å². The van der Waals surface area contributed by atoms with Crippen molar-refractivity contribution in [2.75, 3.05) is 20.8 Å². The first-order chi connectivity index (χ1) is 14.1. The van der Waals surface area contributed by atoms with Crippen LogP contribution < -0.4 is 25.0 Å². The molecule has 0 heterocycles. The minimum Gasteiger partial charge on any atom is -0.493 e. The molecule has 0 atom stereocenters. The highest BCUT2D eigenvalue weighted by atomic mass is 35.5. The Bertz CT molecular complexity index is 846. The summed E-state index contributed by atoms with van der Waals surface area (Å²) >= 11 is 11.5. The van der Waals surface area contributed by atoms with E-state index in [0.29, 0.717) is 40.5 Å². The van der Waals surface area contributed by atoms with Gasteiger partial charge >= 0.3 is 0 Å². The Morgan fingerprint density at radius 2 is 2.00 bits per heavy atom. The Balaban J connectivity index is 1.86. The van der Waals surface area contributed by atoms with Gasteiger partial charge in [0.25, 0.3) is 0 Å². The highest BCUT2D eigenvalue weighted by molar-refractivity contribution is 7.80. The van der Waals surface area contributed by atoms with Crippen LogP contribution in [0.1, 0.15) is 30.9 Å². The number of nitrogens with one attached hydrogen (secondary N) is 2. The summed E-state index contributed by atoms with van der Waals surface area (Å²) in [5, 5.41) is 8.21. The zero-order chi connectivity index (χ0) is 21.1. The van der Waals surface area contributed by atoms with Crippen LogP contribution in [0.5, 0.6) is 17.2 Å². The van der Waals surface area contributed by atoms with E-state index in [2.05, 4.69) is 22.8 Å². The molecule has 0 aliphatic carbocycles. The summed E-state index contributed by atoms with van der Waals surface area (Å²) < 4.78 is 16.3. The lowest BCUT2D eigenvalue weighted by molar-refractivity contribution is 0.309. The van der Waals surface area contributed by atoms with E-state index in [9.17, 15) is 0 Å². The summed E-state index contributed by atoms with van der Waals surface area (Å²) in [5.74, 6) is 1.94. The normalized spacial score (nSPS) is 10.6. The molecule has 2 rings (SSSR count). The third-order valence-corrected chi connectivity index (χ3v) is 4.54. The van der Waals surface area contributed by atoms with Gasteiger partial charge in [-0.1, -0.05) is 37.1 Å². The highest BCUT2D eigenvalue weighted by Gasteiger charge is 2.07. The van der Waals surface area contributed by atoms with Gasteiger partial charge in [0.05, 0.1) is 32.1 Å². The Morgan fingerprint density at radius 3 is 2.69 bits per heavy atom. The molecule has 6 nitrogen and oxygen atoms in total. The summed E-state index contributed by atoms with van der Waals surface area (Å²) in [6.07, 6.45) is 3.70. The number of nitrogens with zero attached hydrogens (tertiary/aromatic N) is 1. The first-order valence-electron chi connectivity index (χ1n) is 9.28. The standard InChI is InChI=1S/C21H26ClN3O3S/c1-4-5-11-28-18-10-9-15(12-17(18)22)13-23-21(29)25-24-14-16-7-6-8-19(26-2)20(16)27-3/h6-10,12,14H,4-5,11,13H2,1-3H3,(H2,23,25,29). The van der Waals surface area contributed by atoms with Gasteiger partial charge < -0.3 is 19.5 Å². The average molecular weight is 436 g/mol. The number of methoxy groups -OCH3 is 2. The number of halogens is 1. The second-order valence-electron chi connectivity index (χ2n) is 6.10. The van der Waals surface area contributed by atoms with Crippen molar-refractivity contribution in [1.82, 2.24) is 10.7 Å². The Hall–Kier alpha value is -2.51. The van der Waals surface area contributed by atoms with Gasteiger partial charge in [0.15, 0.2) is 16.6 Å². The zero-order valence-corrected chi connectivity index (χ0v) is 18.4. The molecule has 8 heteroatoms. The first-order valence-corrected chi connectivity index (χ1v) is 10.1. The maximum Gasteiger partial charge on any atom is 0.187 e. The molecule has 0 radical (unpaired) electrons. The third kappa shape index (κ3) is 7.11. The maximum absolute atomic E-state index is 6.28. The van der Waals surface area contributed by atoms with Crippen LogP contribution >= 0.6 is 23.8 Å². The van der Waals surface area contributed by atoms with Crippen molar-refractivity contribution >= 4 is 35.1 Å². The van der Waals surface area contributed by atoms with Crippen LogP contribution in [-0.2, 0) is 6.54 Å². The quantitative estimate of drug-likeness (QED) is 0.247. The largest absolute Gasteiger partial charge is 0.493 e. The van der Waals surface area contributed by atoms with E-state index >= 15 is 0 Å². The summed E-state index contributed by atoms with van der Waals surface area (Å²) in [7, 11) is 3.17. The van der Waals surface area contributed by atoms with E-state index in [1.807, 2.05) is 36.4 Å². The number of hydrogen-bond donors (Lipinski definition) is 2. The first kappa shape index (κ1) is 22.8. The molecule has 0 spiro atoms. The molecule has 0 saturated heterocycles. The van der Waals surface area contributed by atoms with Gasteiger partial charge in [0.1, 0.15) is 5.75 Å². The van der Waals surface area contributed by atoms with E-state index in [1.54, 1.807) is 20.4 Å². The number of rotatable bonds is 10. The Labute approximate surface area is 182 Å². The molecule has 29 heavy (non-hydrogen) atoms. The van der Waals surface area contributed by atoms with Gasteiger partial charge in [-0.05, 0) is 48.5 Å². The van der Waals surface area contributed by atoms with Crippen molar-refractivity contribution in [3.05, 3.63) is 52.5 Å². The third-order valence-electron chi connectivity index (χ3n) is 4.01. The van der Waals surface area contributed by atoms with Gasteiger partial charge in [0.2, 0.25) is 0 Å². The van der Waals surface area contributed by atoms with Crippen LogP contribution in [0.4, 0.5) is 0 Å². The highest BCUT2D eigenvalue weighted by Crippen LogP contribution is 2.29. The number of hydrogen-bond acceptors (Lipinski definition) is 5. The Morgan fingerprint density at radius 1 is 1.17 bits per heavy atom. The van der Waals surface area contributed by atoms with E-state index < -0.39 is 0 Å². The van der Waals surface area contributed by atoms with Crippen molar-refractivity contribution in [2.24, 2.45) is 5.10 Å². The van der Waals surface area contributed by atoms with Gasteiger partial charge in [-0.25, -0.2) is 0 Å². The molecular weight excluding hydrogens is 410 g/mol. The molecule has 0 saturated carbocycles. The molecule has 0 amide bonds. The summed E-state index contributed by atoms with van der Waals surface area (Å²) in [4.78, 5) is 0. The topological polar surface area (TPSA) is 64.1 Å². The van der Waals surface area contributed by atoms with E-state index in [4.69, 9.17) is 38.0 Å². The lowest BCUT2D eigenvalue weighted by atomic mass is 10.2. The lowest BCUT2D eigenvalue weighted by Gasteiger charge is -2.11. The molecular formula is C21H26ClN3O3S. The number of unbranched alkanes of at least 4 members (excludes halogenated alkanes) is 1. The Kier molecular flexibility index (Phi) is 9.53.